The molecule has 0 aromatic heterocycles. The summed E-state index contributed by atoms with van der Waals surface area (Å²) in [4.78, 5) is 12.1. The summed E-state index contributed by atoms with van der Waals surface area (Å²) in [6.07, 6.45) is 2.12. The highest BCUT2D eigenvalue weighted by Gasteiger charge is 2.29. The molecular formula is C21H25FN2O4S. The molecule has 1 amide bonds. The summed E-state index contributed by atoms with van der Waals surface area (Å²) >= 11 is 0. The lowest BCUT2D eigenvalue weighted by atomic mass is 9.87. The van der Waals surface area contributed by atoms with Gasteiger partial charge < -0.3 is 10.1 Å². The molecule has 1 aliphatic rings. The summed E-state index contributed by atoms with van der Waals surface area (Å²) in [7, 11) is -1.05. The standard InChI is InChI=1S/C21H25FN2O4S/c1-21(2)9-8-15-11-16(5-6-17(15)21)28-13-20(25)23-12-14-4-7-19(18(22)10-14)24-29(26)27-3/h4-7,10-11,29H,8-9,12-13H2,1-3H3,(H,23,25). The van der Waals surface area contributed by atoms with Gasteiger partial charge in [-0.05, 0) is 59.2 Å². The molecule has 0 fully saturated rings. The molecule has 2 aromatic carbocycles. The summed E-state index contributed by atoms with van der Waals surface area (Å²) in [6.45, 7) is 4.49. The number of nitrogens with one attached hydrogen (secondary N) is 1. The van der Waals surface area contributed by atoms with Crippen molar-refractivity contribution in [2.75, 3.05) is 13.7 Å². The molecule has 0 aliphatic heterocycles. The van der Waals surface area contributed by atoms with Crippen LogP contribution in [0.15, 0.2) is 40.8 Å². The molecular weight excluding hydrogens is 395 g/mol. The number of carbonyl (C=O) groups excluding carboxylic acids is 1. The number of hydrogen-bond donors (Lipinski definition) is 2. The molecule has 1 atom stereocenters. The first-order valence-corrected chi connectivity index (χ1v) is 10.5. The molecule has 0 heterocycles. The molecule has 0 bridgehead atoms. The van der Waals surface area contributed by atoms with Crippen LogP contribution in [0.2, 0.25) is 0 Å². The second-order valence-corrected chi connectivity index (χ2v) is 8.62. The molecule has 8 heteroatoms. The Bertz CT molecular complexity index is 1000. The van der Waals surface area contributed by atoms with E-state index in [4.69, 9.17) is 4.74 Å². The first-order chi connectivity index (χ1) is 13.8. The van der Waals surface area contributed by atoms with Gasteiger partial charge in [0.1, 0.15) is 17.3 Å². The molecule has 6 nitrogen and oxygen atoms in total. The van der Waals surface area contributed by atoms with Crippen LogP contribution in [0.5, 0.6) is 5.75 Å². The largest absolute Gasteiger partial charge is 0.484 e. The lowest BCUT2D eigenvalue weighted by Crippen LogP contribution is -2.28. The van der Waals surface area contributed by atoms with Gasteiger partial charge in [0, 0.05) is 6.54 Å². The highest BCUT2D eigenvalue weighted by Crippen LogP contribution is 2.39. The lowest BCUT2D eigenvalue weighted by Gasteiger charge is -2.18. The van der Waals surface area contributed by atoms with Crippen LogP contribution in [0.25, 0.3) is 0 Å². The third-order valence-corrected chi connectivity index (χ3v) is 5.73. The molecule has 0 saturated carbocycles. The van der Waals surface area contributed by atoms with E-state index in [0.29, 0.717) is 11.3 Å². The van der Waals surface area contributed by atoms with Gasteiger partial charge in [0.05, 0.1) is 7.11 Å². The number of carbonyl (C=O) groups is 1. The van der Waals surface area contributed by atoms with Gasteiger partial charge in [0.2, 0.25) is 0 Å². The van der Waals surface area contributed by atoms with Crippen molar-refractivity contribution in [2.45, 2.75) is 38.6 Å². The van der Waals surface area contributed by atoms with E-state index in [1.807, 2.05) is 12.1 Å². The molecule has 3 rings (SSSR count). The van der Waals surface area contributed by atoms with Crippen molar-refractivity contribution in [1.82, 2.24) is 5.32 Å². The highest BCUT2D eigenvalue weighted by atomic mass is 32.2. The van der Waals surface area contributed by atoms with Crippen LogP contribution in [0.1, 0.15) is 37.0 Å². The predicted octanol–water partition coefficient (Wildman–Crippen LogP) is 3.60. The highest BCUT2D eigenvalue weighted by molar-refractivity contribution is 7.69. The fraction of sp³-hybridized carbons (Fsp3) is 0.381. The Kier molecular flexibility index (Phi) is 6.54. The molecule has 29 heavy (non-hydrogen) atoms. The number of aryl methyl sites for hydroxylation is 1. The number of halogens is 1. The van der Waals surface area contributed by atoms with Crippen LogP contribution in [-0.2, 0) is 38.2 Å². The van der Waals surface area contributed by atoms with E-state index in [2.05, 4.69) is 33.8 Å². The zero-order chi connectivity index (χ0) is 21.0. The van der Waals surface area contributed by atoms with Gasteiger partial charge in [-0.3, -0.25) is 8.98 Å². The summed E-state index contributed by atoms with van der Waals surface area (Å²) in [6, 6.07) is 10.2. The van der Waals surface area contributed by atoms with Crippen molar-refractivity contribution < 1.29 is 22.3 Å². The maximum atomic E-state index is 14.0. The van der Waals surface area contributed by atoms with Crippen molar-refractivity contribution in [1.29, 1.82) is 0 Å². The second kappa shape index (κ2) is 8.92. The van der Waals surface area contributed by atoms with Crippen molar-refractivity contribution in [2.24, 2.45) is 4.36 Å². The topological polar surface area (TPSA) is 77.0 Å². The number of hydrogen-bond acceptors (Lipinski definition) is 5. The van der Waals surface area contributed by atoms with Gasteiger partial charge in [0.15, 0.2) is 17.5 Å². The SMILES string of the molecule is CO[SH](=O)=Nc1ccc(CNC(=O)COc2ccc3c(c2)CCC3(C)C)cc1F. The lowest BCUT2D eigenvalue weighted by molar-refractivity contribution is -0.123. The molecule has 0 spiro atoms. The summed E-state index contributed by atoms with van der Waals surface area (Å²) in [5.74, 6) is -0.266. The first kappa shape index (κ1) is 21.3. The summed E-state index contributed by atoms with van der Waals surface area (Å²) in [5, 5.41) is 2.69. The maximum absolute atomic E-state index is 14.0. The predicted molar refractivity (Wildman–Crippen MR) is 110 cm³/mol. The maximum Gasteiger partial charge on any atom is 0.258 e. The van der Waals surface area contributed by atoms with Crippen molar-refractivity contribution in [3.63, 3.8) is 0 Å². The van der Waals surface area contributed by atoms with Gasteiger partial charge in [-0.25, -0.2) is 8.60 Å². The van der Waals surface area contributed by atoms with Gasteiger partial charge in [-0.2, -0.15) is 4.36 Å². The van der Waals surface area contributed by atoms with Gasteiger partial charge in [-0.15, -0.1) is 0 Å². The van der Waals surface area contributed by atoms with Gasteiger partial charge >= 0.3 is 0 Å². The van der Waals surface area contributed by atoms with Crippen LogP contribution < -0.4 is 10.1 Å². The van der Waals surface area contributed by atoms with E-state index in [9.17, 15) is 13.4 Å². The first-order valence-electron chi connectivity index (χ1n) is 9.33. The number of fused-ring (bicyclic) bond motifs is 1. The van der Waals surface area contributed by atoms with Crippen LogP contribution in [0, 0.1) is 5.82 Å². The van der Waals surface area contributed by atoms with E-state index in [0.717, 1.165) is 12.8 Å². The minimum absolute atomic E-state index is 0.0499. The van der Waals surface area contributed by atoms with E-state index in [1.165, 1.54) is 30.4 Å². The van der Waals surface area contributed by atoms with Crippen LogP contribution in [0.4, 0.5) is 10.1 Å². The Morgan fingerprint density at radius 1 is 1.28 bits per heavy atom. The Morgan fingerprint density at radius 2 is 2.07 bits per heavy atom. The smallest absolute Gasteiger partial charge is 0.258 e. The van der Waals surface area contributed by atoms with Crippen LogP contribution in [0.3, 0.4) is 0 Å². The molecule has 0 saturated heterocycles. The van der Waals surface area contributed by atoms with E-state index < -0.39 is 16.7 Å². The number of rotatable bonds is 7. The molecule has 0 radical (unpaired) electrons. The zero-order valence-corrected chi connectivity index (χ0v) is 17.6. The third-order valence-electron chi connectivity index (χ3n) is 5.04. The number of benzene rings is 2. The number of ether oxygens (including phenoxy) is 1. The fourth-order valence-corrected chi connectivity index (χ4v) is 3.80. The van der Waals surface area contributed by atoms with Gasteiger partial charge in [-0.1, -0.05) is 26.0 Å². The number of nitrogens with zero attached hydrogens (tertiary/aromatic N) is 1. The molecule has 1 N–H and O–H groups in total. The van der Waals surface area contributed by atoms with Crippen molar-refractivity contribution >= 4 is 22.5 Å². The monoisotopic (exact) mass is 420 g/mol. The van der Waals surface area contributed by atoms with E-state index >= 15 is 0 Å². The van der Waals surface area contributed by atoms with E-state index in [-0.39, 0.29) is 30.2 Å². The van der Waals surface area contributed by atoms with E-state index in [1.54, 1.807) is 6.07 Å². The number of amides is 1. The molecule has 156 valence electrons. The molecule has 2 aromatic rings. The normalized spacial score (nSPS) is 15.7. The minimum Gasteiger partial charge on any atom is -0.484 e. The minimum atomic E-state index is -2.28. The molecule has 1 aliphatic carbocycles. The fourth-order valence-electron chi connectivity index (χ4n) is 3.38. The second-order valence-electron chi connectivity index (χ2n) is 7.57. The Hall–Kier alpha value is -2.45. The summed E-state index contributed by atoms with van der Waals surface area (Å²) < 4.78 is 39.0. The summed E-state index contributed by atoms with van der Waals surface area (Å²) in [5.41, 5.74) is 3.29. The quantitative estimate of drug-likeness (QED) is 0.671. The average molecular weight is 421 g/mol. The number of thiol groups is 1. The Labute approximate surface area is 171 Å². The van der Waals surface area contributed by atoms with Crippen molar-refractivity contribution in [3.8, 4) is 5.75 Å². The zero-order valence-electron chi connectivity index (χ0n) is 16.7. The average Bonchev–Trinajstić information content (AvgIpc) is 3.00. The van der Waals surface area contributed by atoms with Crippen LogP contribution >= 0.6 is 0 Å². The van der Waals surface area contributed by atoms with Crippen LogP contribution in [-0.4, -0.2) is 23.8 Å². The Balaban J connectivity index is 1.52. The third kappa shape index (κ3) is 5.33. The molecule has 1 unspecified atom stereocenters. The Morgan fingerprint density at radius 3 is 2.79 bits per heavy atom. The van der Waals surface area contributed by atoms with Crippen molar-refractivity contribution in [3.05, 3.63) is 58.9 Å². The van der Waals surface area contributed by atoms with Gasteiger partial charge in [0.25, 0.3) is 5.91 Å².